The molecule has 0 aliphatic carbocycles. The van der Waals surface area contributed by atoms with Crippen LogP contribution in [0, 0.1) is 0 Å². The van der Waals surface area contributed by atoms with Crippen LogP contribution in [0.25, 0.3) is 0 Å². The summed E-state index contributed by atoms with van der Waals surface area (Å²) < 4.78 is 0. The average Bonchev–Trinajstić information content (AvgIpc) is 0. The minimum atomic E-state index is 0. The fraction of sp³-hybridized carbons (Fsp3) is 0. The molecule has 0 bridgehead atoms. The predicted molar refractivity (Wildman–Crippen MR) is 0.686 cm³/mol. The topological polar surface area (TPSA) is 28.5 Å². The van der Waals surface area contributed by atoms with Crippen molar-refractivity contribution in [1.29, 1.82) is 0 Å². The number of rotatable bonds is 0. The largest absolute Gasteiger partial charge is 4.00 e. The Hall–Kier alpha value is 1.41. The molecule has 0 atom stereocenters. The zero-order chi connectivity index (χ0) is 0. The molecule has 0 spiro atoms. The van der Waals surface area contributed by atoms with Crippen molar-refractivity contribution < 1.29 is 56.1 Å². The summed E-state index contributed by atoms with van der Waals surface area (Å²) in [4.78, 5) is 0. The van der Waals surface area contributed by atoms with E-state index >= 15 is 0 Å². The molecule has 0 N–H and O–H groups in total. The summed E-state index contributed by atoms with van der Waals surface area (Å²) in [6.07, 6.45) is 0. The Labute approximate surface area is 56.1 Å². The molecular formula is Cl2HfO. The van der Waals surface area contributed by atoms with Gasteiger partial charge in [0.2, 0.25) is 0 Å². The maximum absolute atomic E-state index is 0. The molecule has 0 aromatic heterocycles. The molecule has 0 amide bonds. The second-order valence-electron chi connectivity index (χ2n) is 0. The monoisotopic (exact) mass is 266 g/mol. The molecule has 0 fully saturated rings. The average molecular weight is 265 g/mol. The molecule has 0 heterocycles. The fourth-order valence-electron chi connectivity index (χ4n) is 0. The van der Waals surface area contributed by atoms with Crippen LogP contribution in [0.5, 0.6) is 0 Å². The maximum Gasteiger partial charge on any atom is 4.00 e. The third kappa shape index (κ3) is 9.96. The van der Waals surface area contributed by atoms with Crippen molar-refractivity contribution in [3.8, 4) is 0 Å². The summed E-state index contributed by atoms with van der Waals surface area (Å²) in [5.74, 6) is 0. The van der Waals surface area contributed by atoms with Gasteiger partial charge in [-0.1, -0.05) is 0 Å². The summed E-state index contributed by atoms with van der Waals surface area (Å²) in [5.41, 5.74) is 0. The third-order valence-corrected chi connectivity index (χ3v) is 0. The Morgan fingerprint density at radius 1 is 0.750 bits per heavy atom. The normalized spacial score (nSPS) is 0. The molecule has 0 rings (SSSR count). The quantitative estimate of drug-likeness (QED) is 0.390. The minimum Gasteiger partial charge on any atom is -2.00 e. The van der Waals surface area contributed by atoms with Gasteiger partial charge in [-0.05, 0) is 0 Å². The van der Waals surface area contributed by atoms with E-state index in [0.29, 0.717) is 0 Å². The van der Waals surface area contributed by atoms with Crippen molar-refractivity contribution in [3.63, 3.8) is 0 Å². The van der Waals surface area contributed by atoms with Crippen LogP contribution in [-0.4, -0.2) is 0 Å². The summed E-state index contributed by atoms with van der Waals surface area (Å²) in [7, 11) is 0. The van der Waals surface area contributed by atoms with Gasteiger partial charge < -0.3 is 30.3 Å². The molecule has 24 valence electrons. The summed E-state index contributed by atoms with van der Waals surface area (Å²) in [6.45, 7) is 0. The van der Waals surface area contributed by atoms with Crippen molar-refractivity contribution in [3.05, 3.63) is 0 Å². The summed E-state index contributed by atoms with van der Waals surface area (Å²) >= 11 is 0. The van der Waals surface area contributed by atoms with Crippen molar-refractivity contribution >= 4 is 0 Å². The van der Waals surface area contributed by atoms with Gasteiger partial charge in [0.15, 0.2) is 0 Å². The molecule has 0 saturated heterocycles. The smallest absolute Gasteiger partial charge is 2.00 e. The van der Waals surface area contributed by atoms with E-state index in [-0.39, 0.29) is 56.1 Å². The molecule has 0 aromatic carbocycles. The Bertz CT molecular complexity index is 6.00. The molecular weight excluding hydrogens is 265 g/mol. The first-order chi connectivity index (χ1) is 0. The van der Waals surface area contributed by atoms with E-state index in [0.717, 1.165) is 0 Å². The zero-order valence-corrected chi connectivity index (χ0v) is 6.77. The van der Waals surface area contributed by atoms with Crippen LogP contribution in [0.1, 0.15) is 0 Å². The van der Waals surface area contributed by atoms with Crippen LogP contribution in [0.2, 0.25) is 0 Å². The van der Waals surface area contributed by atoms with E-state index in [1.165, 1.54) is 0 Å². The first kappa shape index (κ1) is 52.9. The molecule has 0 aliphatic rings. The van der Waals surface area contributed by atoms with Gasteiger partial charge in [0.1, 0.15) is 0 Å². The number of halogens is 2. The molecule has 0 saturated carbocycles. The van der Waals surface area contributed by atoms with Crippen LogP contribution in [0.3, 0.4) is 0 Å². The first-order valence-corrected chi connectivity index (χ1v) is 0. The molecule has 4 heteroatoms. The zero-order valence-electron chi connectivity index (χ0n) is 1.66. The van der Waals surface area contributed by atoms with Crippen molar-refractivity contribution in [1.82, 2.24) is 0 Å². The molecule has 0 radical (unpaired) electrons. The Morgan fingerprint density at radius 3 is 0.750 bits per heavy atom. The van der Waals surface area contributed by atoms with Gasteiger partial charge in [-0.2, -0.15) is 0 Å². The third-order valence-electron chi connectivity index (χ3n) is 0. The maximum atomic E-state index is 0. The van der Waals surface area contributed by atoms with Crippen molar-refractivity contribution in [2.24, 2.45) is 0 Å². The Kier molecular flexibility index (Phi) is 341. The van der Waals surface area contributed by atoms with Gasteiger partial charge in [0.05, 0.1) is 0 Å². The minimum absolute atomic E-state index is 0. The Morgan fingerprint density at radius 2 is 0.750 bits per heavy atom. The van der Waals surface area contributed by atoms with Gasteiger partial charge in [0.25, 0.3) is 0 Å². The molecule has 0 unspecified atom stereocenters. The van der Waals surface area contributed by atoms with Crippen LogP contribution >= 0.6 is 0 Å². The first-order valence-electron chi connectivity index (χ1n) is 0. The second-order valence-corrected chi connectivity index (χ2v) is 0. The van der Waals surface area contributed by atoms with Crippen LogP contribution in [-0.2, 0) is 31.3 Å². The predicted octanol–water partition coefficient (Wildman–Crippen LogP) is -6.11. The Balaban J connectivity index is 0. The van der Waals surface area contributed by atoms with Gasteiger partial charge in [-0.25, -0.2) is 0 Å². The van der Waals surface area contributed by atoms with E-state index in [4.69, 9.17) is 0 Å². The van der Waals surface area contributed by atoms with Crippen LogP contribution in [0.4, 0.5) is 0 Å². The van der Waals surface area contributed by atoms with E-state index in [9.17, 15) is 0 Å². The van der Waals surface area contributed by atoms with Gasteiger partial charge in [-0.3, -0.25) is 0 Å². The van der Waals surface area contributed by atoms with E-state index in [1.807, 2.05) is 0 Å². The van der Waals surface area contributed by atoms with Crippen molar-refractivity contribution in [2.45, 2.75) is 0 Å². The van der Waals surface area contributed by atoms with E-state index in [1.54, 1.807) is 0 Å². The van der Waals surface area contributed by atoms with Crippen molar-refractivity contribution in [2.75, 3.05) is 0 Å². The number of hydrogen-bond donors (Lipinski definition) is 0. The van der Waals surface area contributed by atoms with Gasteiger partial charge >= 0.3 is 25.8 Å². The summed E-state index contributed by atoms with van der Waals surface area (Å²) in [6, 6.07) is 0. The molecule has 1 nitrogen and oxygen atoms in total. The molecule has 0 aliphatic heterocycles. The SMILES string of the molecule is [Cl-].[Cl-].[Hf+4].[O-2]. The standard InChI is InChI=1S/2ClH.Hf.O/h2*1H;;/q;;+4;-2/p-2. The molecule has 4 heavy (non-hydrogen) atoms. The second kappa shape index (κ2) is 25.8. The van der Waals surface area contributed by atoms with Gasteiger partial charge in [-0.15, -0.1) is 0 Å². The number of hydrogen-bond acceptors (Lipinski definition) is 0. The van der Waals surface area contributed by atoms with Crippen LogP contribution in [0.15, 0.2) is 0 Å². The molecule has 0 aromatic rings. The summed E-state index contributed by atoms with van der Waals surface area (Å²) in [5, 5.41) is 0. The van der Waals surface area contributed by atoms with E-state index in [2.05, 4.69) is 0 Å². The van der Waals surface area contributed by atoms with Gasteiger partial charge in [0, 0.05) is 0 Å². The van der Waals surface area contributed by atoms with E-state index < -0.39 is 0 Å². The fourth-order valence-corrected chi connectivity index (χ4v) is 0. The van der Waals surface area contributed by atoms with Crippen LogP contribution < -0.4 is 24.8 Å².